The third-order valence-electron chi connectivity index (χ3n) is 7.06. The molecule has 1 aliphatic carbocycles. The van der Waals surface area contributed by atoms with Gasteiger partial charge >= 0.3 is 0 Å². The Morgan fingerprint density at radius 1 is 1.00 bits per heavy atom. The number of rotatable bonds is 6. The van der Waals surface area contributed by atoms with E-state index in [2.05, 4.69) is 48.8 Å². The lowest BCUT2D eigenvalue weighted by Gasteiger charge is -2.44. The van der Waals surface area contributed by atoms with Crippen LogP contribution in [0.1, 0.15) is 44.1 Å². The van der Waals surface area contributed by atoms with Crippen LogP contribution in [0.4, 0.5) is 5.95 Å². The number of likely N-dealkylation sites (tertiary alicyclic amines) is 1. The van der Waals surface area contributed by atoms with Crippen molar-refractivity contribution in [1.29, 1.82) is 0 Å². The smallest absolute Gasteiger partial charge is 0.233 e. The molecule has 2 aromatic rings. The van der Waals surface area contributed by atoms with E-state index in [-0.39, 0.29) is 5.91 Å². The predicted octanol–water partition coefficient (Wildman–Crippen LogP) is 3.44. The topological polar surface area (TPSA) is 63.5 Å². The molecule has 32 heavy (non-hydrogen) atoms. The molecular weight excluding hydrogens is 422 g/mol. The number of fused-ring (bicyclic) bond motifs is 1. The van der Waals surface area contributed by atoms with Crippen LogP contribution in [0.15, 0.2) is 35.5 Å². The molecule has 8 heteroatoms. The summed E-state index contributed by atoms with van der Waals surface area (Å²) in [5.74, 6) is 2.27. The van der Waals surface area contributed by atoms with E-state index in [1.807, 2.05) is 6.07 Å². The lowest BCUT2D eigenvalue weighted by molar-refractivity contribution is -0.134. The summed E-state index contributed by atoms with van der Waals surface area (Å²) in [5.41, 5.74) is 1.20. The van der Waals surface area contributed by atoms with Crippen molar-refractivity contribution < 1.29 is 9.53 Å². The number of nitrogens with zero attached hydrogens (tertiary/aromatic N) is 5. The van der Waals surface area contributed by atoms with Crippen molar-refractivity contribution in [2.24, 2.45) is 5.92 Å². The summed E-state index contributed by atoms with van der Waals surface area (Å²) in [6, 6.07) is 10.9. The highest BCUT2D eigenvalue weighted by Crippen LogP contribution is 2.36. The van der Waals surface area contributed by atoms with Gasteiger partial charge in [0.1, 0.15) is 0 Å². The second-order valence-corrected chi connectivity index (χ2v) is 10.0. The van der Waals surface area contributed by atoms with Gasteiger partial charge in [0.05, 0.1) is 25.5 Å². The summed E-state index contributed by atoms with van der Waals surface area (Å²) in [5, 5.41) is 9.86. The van der Waals surface area contributed by atoms with E-state index >= 15 is 0 Å². The van der Waals surface area contributed by atoms with Crippen LogP contribution in [0, 0.1) is 5.92 Å². The number of hydrogen-bond acceptors (Lipinski definition) is 6. The van der Waals surface area contributed by atoms with Gasteiger partial charge in [-0.2, -0.15) is 0 Å². The third kappa shape index (κ3) is 4.81. The summed E-state index contributed by atoms with van der Waals surface area (Å²) in [6.07, 6.45) is 7.47. The van der Waals surface area contributed by atoms with Gasteiger partial charge in [0, 0.05) is 25.7 Å². The number of carbonyl (C=O) groups is 1. The monoisotopic (exact) mass is 455 g/mol. The molecule has 1 aromatic heterocycles. The van der Waals surface area contributed by atoms with Crippen molar-refractivity contribution in [2.75, 3.05) is 43.5 Å². The summed E-state index contributed by atoms with van der Waals surface area (Å²) in [4.78, 5) is 17.6. The van der Waals surface area contributed by atoms with Gasteiger partial charge in [0.2, 0.25) is 11.9 Å². The number of thioether (sulfide) groups is 1. The second kappa shape index (κ2) is 10.3. The fraction of sp³-hybridized carbons (Fsp3) is 0.625. The maximum atomic E-state index is 13.2. The zero-order valence-electron chi connectivity index (χ0n) is 18.7. The molecule has 3 aliphatic rings. The molecule has 172 valence electrons. The fourth-order valence-corrected chi connectivity index (χ4v) is 6.25. The van der Waals surface area contributed by atoms with Crippen molar-refractivity contribution in [3.8, 4) is 0 Å². The van der Waals surface area contributed by atoms with Gasteiger partial charge in [0.25, 0.3) is 0 Å². The first-order valence-electron chi connectivity index (χ1n) is 12.0. The van der Waals surface area contributed by atoms with Gasteiger partial charge in [0.15, 0.2) is 5.16 Å². The molecule has 2 unspecified atom stereocenters. The predicted molar refractivity (Wildman–Crippen MR) is 126 cm³/mol. The van der Waals surface area contributed by atoms with Gasteiger partial charge in [-0.3, -0.25) is 9.36 Å². The van der Waals surface area contributed by atoms with E-state index in [4.69, 9.17) is 4.74 Å². The van der Waals surface area contributed by atoms with Crippen LogP contribution in [0.2, 0.25) is 0 Å². The Hall–Kier alpha value is -2.06. The van der Waals surface area contributed by atoms with E-state index in [1.54, 1.807) is 0 Å². The highest BCUT2D eigenvalue weighted by molar-refractivity contribution is 7.99. The number of piperidine rings is 1. The van der Waals surface area contributed by atoms with Crippen molar-refractivity contribution in [2.45, 2.75) is 56.3 Å². The van der Waals surface area contributed by atoms with Crippen LogP contribution >= 0.6 is 11.8 Å². The van der Waals surface area contributed by atoms with Gasteiger partial charge in [-0.15, -0.1) is 10.2 Å². The number of morpholine rings is 1. The Morgan fingerprint density at radius 3 is 2.62 bits per heavy atom. The molecule has 7 nitrogen and oxygen atoms in total. The molecular formula is C24H33N5O2S. The second-order valence-electron chi connectivity index (χ2n) is 9.08. The Morgan fingerprint density at radius 2 is 1.78 bits per heavy atom. The third-order valence-corrected chi connectivity index (χ3v) is 8.01. The summed E-state index contributed by atoms with van der Waals surface area (Å²) >= 11 is 1.53. The highest BCUT2D eigenvalue weighted by atomic mass is 32.2. The quantitative estimate of drug-likeness (QED) is 0.622. The first-order valence-corrected chi connectivity index (χ1v) is 13.0. The van der Waals surface area contributed by atoms with Crippen molar-refractivity contribution >= 4 is 23.6 Å². The minimum atomic E-state index is 0.258. The van der Waals surface area contributed by atoms with Gasteiger partial charge in [-0.1, -0.05) is 54.9 Å². The molecule has 1 aromatic carbocycles. The number of aromatic nitrogens is 3. The number of hydrogen-bond donors (Lipinski definition) is 0. The van der Waals surface area contributed by atoms with Gasteiger partial charge in [-0.25, -0.2) is 0 Å². The number of amides is 1. The van der Waals surface area contributed by atoms with Crippen LogP contribution in [0.25, 0.3) is 0 Å². The zero-order chi connectivity index (χ0) is 21.8. The van der Waals surface area contributed by atoms with Crippen LogP contribution in [0.3, 0.4) is 0 Å². The Balaban J connectivity index is 1.31. The highest BCUT2D eigenvalue weighted by Gasteiger charge is 2.35. The molecule has 1 amide bonds. The zero-order valence-corrected chi connectivity index (χ0v) is 19.5. The molecule has 2 aliphatic heterocycles. The lowest BCUT2D eigenvalue weighted by Crippen LogP contribution is -2.50. The Labute approximate surface area is 194 Å². The van der Waals surface area contributed by atoms with Crippen LogP contribution in [0.5, 0.6) is 0 Å². The van der Waals surface area contributed by atoms with E-state index in [0.29, 0.717) is 37.5 Å². The normalized spacial score (nSPS) is 23.8. The van der Waals surface area contributed by atoms with Gasteiger partial charge in [-0.05, 0) is 37.2 Å². The number of ether oxygens (including phenoxy) is 1. The maximum absolute atomic E-state index is 13.2. The van der Waals surface area contributed by atoms with Crippen LogP contribution in [-0.4, -0.2) is 70.2 Å². The average molecular weight is 456 g/mol. The standard InChI is InChI=1S/C24H33N5O2S/c30-22(28-12-6-10-20-9-4-5-11-21(20)28)18-32-24-26-25-23(27-13-15-31-16-14-27)29(24)17-19-7-2-1-3-8-19/h1-3,7-8,20-21H,4-6,9-18H2. The fourth-order valence-electron chi connectivity index (χ4n) is 5.43. The van der Waals surface area contributed by atoms with Gasteiger partial charge < -0.3 is 14.5 Å². The SMILES string of the molecule is O=C(CSc1nnc(N2CCOCC2)n1Cc1ccccc1)N1CCCC2CCCCC21. The minimum absolute atomic E-state index is 0.258. The van der Waals surface area contributed by atoms with E-state index in [0.717, 1.165) is 37.2 Å². The molecule has 0 spiro atoms. The van der Waals surface area contributed by atoms with Crippen molar-refractivity contribution in [1.82, 2.24) is 19.7 Å². The molecule has 5 rings (SSSR count). The summed E-state index contributed by atoms with van der Waals surface area (Å²) in [7, 11) is 0. The summed E-state index contributed by atoms with van der Waals surface area (Å²) in [6.45, 7) is 4.65. The van der Waals surface area contributed by atoms with E-state index in [1.165, 1.54) is 49.4 Å². The first-order chi connectivity index (χ1) is 15.8. The van der Waals surface area contributed by atoms with E-state index in [9.17, 15) is 4.79 Å². The van der Waals surface area contributed by atoms with Crippen molar-refractivity contribution in [3.63, 3.8) is 0 Å². The summed E-state index contributed by atoms with van der Waals surface area (Å²) < 4.78 is 7.69. The molecule has 3 heterocycles. The minimum Gasteiger partial charge on any atom is -0.378 e. The Kier molecular flexibility index (Phi) is 6.97. The maximum Gasteiger partial charge on any atom is 0.233 e. The molecule has 1 saturated carbocycles. The van der Waals surface area contributed by atoms with Crippen LogP contribution in [-0.2, 0) is 16.1 Å². The molecule has 0 N–H and O–H groups in total. The molecule has 3 fully saturated rings. The largest absolute Gasteiger partial charge is 0.378 e. The molecule has 2 saturated heterocycles. The molecule has 2 atom stereocenters. The van der Waals surface area contributed by atoms with Crippen LogP contribution < -0.4 is 4.90 Å². The van der Waals surface area contributed by atoms with E-state index < -0.39 is 0 Å². The van der Waals surface area contributed by atoms with Crippen molar-refractivity contribution in [3.05, 3.63) is 35.9 Å². The number of anilines is 1. The lowest BCUT2D eigenvalue weighted by atomic mass is 9.78. The average Bonchev–Trinajstić information content (AvgIpc) is 3.25. The number of benzene rings is 1. The number of carbonyl (C=O) groups excluding carboxylic acids is 1. The molecule has 0 radical (unpaired) electrons. The molecule has 0 bridgehead atoms. The first kappa shape index (κ1) is 21.8. The Bertz CT molecular complexity index is 897.